The van der Waals surface area contributed by atoms with E-state index < -0.39 is 0 Å². The molecular formula is C23H35N. The van der Waals surface area contributed by atoms with Crippen LogP contribution in [0.5, 0.6) is 0 Å². The normalized spacial score (nSPS) is 20.5. The molecule has 0 radical (unpaired) electrons. The second-order valence-electron chi connectivity index (χ2n) is 7.17. The van der Waals surface area contributed by atoms with Crippen LogP contribution in [0.2, 0.25) is 0 Å². The number of benzene rings is 1. The van der Waals surface area contributed by atoms with Gasteiger partial charge in [0.05, 0.1) is 0 Å². The van der Waals surface area contributed by atoms with Gasteiger partial charge in [0.15, 0.2) is 0 Å². The Labute approximate surface area is 149 Å². The van der Waals surface area contributed by atoms with Gasteiger partial charge in [0.1, 0.15) is 0 Å². The van der Waals surface area contributed by atoms with Gasteiger partial charge in [-0.1, -0.05) is 76.6 Å². The van der Waals surface area contributed by atoms with Crippen LogP contribution in [0.25, 0.3) is 0 Å². The van der Waals surface area contributed by atoms with E-state index in [2.05, 4.69) is 57.2 Å². The number of hydrogen-bond acceptors (Lipinski definition) is 1. The molecule has 2 rings (SSSR count). The van der Waals surface area contributed by atoms with Crippen molar-refractivity contribution in [1.29, 1.82) is 5.41 Å². The smallest absolute Gasteiger partial charge is 0.0174 e. The van der Waals surface area contributed by atoms with E-state index in [9.17, 15) is 0 Å². The lowest BCUT2D eigenvalue weighted by atomic mass is 9.72. The summed E-state index contributed by atoms with van der Waals surface area (Å²) in [7, 11) is 0. The topological polar surface area (TPSA) is 23.9 Å². The van der Waals surface area contributed by atoms with Crippen LogP contribution < -0.4 is 0 Å². The first-order valence-electron chi connectivity index (χ1n) is 9.49. The van der Waals surface area contributed by atoms with Gasteiger partial charge in [-0.05, 0) is 55.2 Å². The molecule has 0 unspecified atom stereocenters. The van der Waals surface area contributed by atoms with Crippen molar-refractivity contribution in [2.45, 2.75) is 72.1 Å². The van der Waals surface area contributed by atoms with Crippen LogP contribution in [0.3, 0.4) is 0 Å². The molecule has 0 aliphatic heterocycles. The predicted molar refractivity (Wildman–Crippen MR) is 108 cm³/mol. The molecule has 1 N–H and O–H groups in total. The summed E-state index contributed by atoms with van der Waals surface area (Å²) < 4.78 is 0. The lowest BCUT2D eigenvalue weighted by molar-refractivity contribution is 0.481. The van der Waals surface area contributed by atoms with E-state index >= 15 is 0 Å². The Kier molecular flexibility index (Phi) is 8.74. The Morgan fingerprint density at radius 3 is 2.67 bits per heavy atom. The predicted octanol–water partition coefficient (Wildman–Crippen LogP) is 6.88. The van der Waals surface area contributed by atoms with E-state index in [1.807, 2.05) is 19.9 Å². The summed E-state index contributed by atoms with van der Waals surface area (Å²) in [5.41, 5.74) is 4.59. The summed E-state index contributed by atoms with van der Waals surface area (Å²) in [6.45, 7) is 10.9. The Hall–Kier alpha value is -1.63. The minimum absolute atomic E-state index is 0.166. The minimum atomic E-state index is 0.166. The summed E-state index contributed by atoms with van der Waals surface area (Å²) in [5.74, 6) is 0.701. The average molecular weight is 326 g/mol. The molecular weight excluding hydrogens is 290 g/mol. The molecule has 0 saturated heterocycles. The van der Waals surface area contributed by atoms with Crippen molar-refractivity contribution in [3.63, 3.8) is 0 Å². The van der Waals surface area contributed by atoms with Crippen molar-refractivity contribution in [1.82, 2.24) is 0 Å². The molecule has 0 bridgehead atoms. The largest absolute Gasteiger partial charge is 0.309 e. The van der Waals surface area contributed by atoms with Crippen LogP contribution in [0, 0.1) is 11.3 Å². The molecule has 1 nitrogen and oxygen atoms in total. The second kappa shape index (κ2) is 10.3. The van der Waals surface area contributed by atoms with Crippen molar-refractivity contribution < 1.29 is 0 Å². The molecule has 1 aromatic carbocycles. The van der Waals surface area contributed by atoms with E-state index in [1.165, 1.54) is 42.2 Å². The molecule has 0 fully saturated rings. The highest BCUT2D eigenvalue weighted by Gasteiger charge is 2.27. The maximum Gasteiger partial charge on any atom is 0.0174 e. The van der Waals surface area contributed by atoms with Crippen LogP contribution in [-0.4, -0.2) is 6.21 Å². The maximum atomic E-state index is 7.08. The Bertz CT molecular complexity index is 565. The van der Waals surface area contributed by atoms with Gasteiger partial charge in [-0.3, -0.25) is 0 Å². The zero-order chi connectivity index (χ0) is 18.0. The lowest BCUT2D eigenvalue weighted by Gasteiger charge is -2.32. The standard InChI is InChI=1S/C21H29N.C2H6/c1-17(2)14-19-9-6-11-20(15-19)21(3)12-7-10-18(16-21)8-4-5-13-22;1-2/h4-6,9,11,13,15-17,22H,7-8,10,12,14H2,1-3H3;1-2H3/b5-4-,22-13?;/t21-;/m1./s1. The van der Waals surface area contributed by atoms with Crippen LogP contribution in [0.4, 0.5) is 0 Å². The van der Waals surface area contributed by atoms with Gasteiger partial charge in [0, 0.05) is 11.6 Å². The third kappa shape index (κ3) is 6.11. The molecule has 1 aromatic rings. The van der Waals surface area contributed by atoms with Crippen molar-refractivity contribution in [3.05, 3.63) is 59.2 Å². The fraction of sp³-hybridized carbons (Fsp3) is 0.522. The van der Waals surface area contributed by atoms with Crippen LogP contribution >= 0.6 is 0 Å². The van der Waals surface area contributed by atoms with E-state index in [0.717, 1.165) is 12.8 Å². The molecule has 24 heavy (non-hydrogen) atoms. The van der Waals surface area contributed by atoms with E-state index in [4.69, 9.17) is 5.41 Å². The maximum absolute atomic E-state index is 7.08. The molecule has 0 saturated carbocycles. The molecule has 0 spiro atoms. The zero-order valence-corrected chi connectivity index (χ0v) is 16.2. The van der Waals surface area contributed by atoms with Crippen molar-refractivity contribution >= 4 is 6.21 Å². The number of rotatable bonds is 6. The summed E-state index contributed by atoms with van der Waals surface area (Å²) in [5, 5.41) is 7.08. The highest BCUT2D eigenvalue weighted by atomic mass is 14.3. The lowest BCUT2D eigenvalue weighted by Crippen LogP contribution is -2.23. The summed E-state index contributed by atoms with van der Waals surface area (Å²) in [6, 6.07) is 9.17. The SMILES string of the molecule is CC.CC(C)Cc1cccc([C@@]2(C)C=C(C/C=C\C=N)CCC2)c1. The molecule has 1 heteroatoms. The minimum Gasteiger partial charge on any atom is -0.309 e. The fourth-order valence-corrected chi connectivity index (χ4v) is 3.48. The van der Waals surface area contributed by atoms with Gasteiger partial charge in [-0.25, -0.2) is 0 Å². The summed E-state index contributed by atoms with van der Waals surface area (Å²) in [6.07, 6.45) is 13.6. The van der Waals surface area contributed by atoms with E-state index in [1.54, 1.807) is 0 Å². The Balaban J connectivity index is 0.00000139. The van der Waals surface area contributed by atoms with Crippen LogP contribution in [-0.2, 0) is 11.8 Å². The van der Waals surface area contributed by atoms with Crippen LogP contribution in [0.15, 0.2) is 48.1 Å². The first-order chi connectivity index (χ1) is 11.5. The quantitative estimate of drug-likeness (QED) is 0.435. The average Bonchev–Trinajstić information content (AvgIpc) is 2.57. The molecule has 1 aliphatic rings. The van der Waals surface area contributed by atoms with E-state index in [-0.39, 0.29) is 5.41 Å². The fourth-order valence-electron chi connectivity index (χ4n) is 3.48. The van der Waals surface area contributed by atoms with Gasteiger partial charge in [0.2, 0.25) is 0 Å². The molecule has 132 valence electrons. The van der Waals surface area contributed by atoms with Crippen molar-refractivity contribution in [2.75, 3.05) is 0 Å². The number of nitrogens with one attached hydrogen (secondary N) is 1. The van der Waals surface area contributed by atoms with Gasteiger partial charge in [-0.15, -0.1) is 0 Å². The monoisotopic (exact) mass is 325 g/mol. The molecule has 0 heterocycles. The van der Waals surface area contributed by atoms with Gasteiger partial charge in [0.25, 0.3) is 0 Å². The van der Waals surface area contributed by atoms with E-state index in [0.29, 0.717) is 5.92 Å². The highest BCUT2D eigenvalue weighted by molar-refractivity contribution is 5.67. The first kappa shape index (κ1) is 20.4. The van der Waals surface area contributed by atoms with Crippen molar-refractivity contribution in [2.24, 2.45) is 5.92 Å². The van der Waals surface area contributed by atoms with Crippen molar-refractivity contribution in [3.8, 4) is 0 Å². The third-order valence-corrected chi connectivity index (χ3v) is 4.56. The molecule has 1 atom stereocenters. The number of hydrogen-bond donors (Lipinski definition) is 1. The van der Waals surface area contributed by atoms with Gasteiger partial charge < -0.3 is 5.41 Å². The highest BCUT2D eigenvalue weighted by Crippen LogP contribution is 2.38. The Morgan fingerprint density at radius 2 is 2.00 bits per heavy atom. The second-order valence-corrected chi connectivity index (χ2v) is 7.17. The Morgan fingerprint density at radius 1 is 1.25 bits per heavy atom. The molecule has 0 aromatic heterocycles. The summed E-state index contributed by atoms with van der Waals surface area (Å²) >= 11 is 0. The van der Waals surface area contributed by atoms with Crippen LogP contribution in [0.1, 0.15) is 71.4 Å². The summed E-state index contributed by atoms with van der Waals surface area (Å²) in [4.78, 5) is 0. The molecule has 0 amide bonds. The first-order valence-corrected chi connectivity index (χ1v) is 9.49. The van der Waals surface area contributed by atoms with Gasteiger partial charge >= 0.3 is 0 Å². The number of allylic oxidation sites excluding steroid dienone is 4. The third-order valence-electron chi connectivity index (χ3n) is 4.56. The molecule has 1 aliphatic carbocycles. The zero-order valence-electron chi connectivity index (χ0n) is 16.2. The van der Waals surface area contributed by atoms with Gasteiger partial charge in [-0.2, -0.15) is 0 Å².